The molecular formula is C33H44N2O6. The van der Waals surface area contributed by atoms with Gasteiger partial charge in [0.05, 0.1) is 25.3 Å². The van der Waals surface area contributed by atoms with E-state index in [9.17, 15) is 14.7 Å². The molecule has 41 heavy (non-hydrogen) atoms. The number of rotatable bonds is 16. The van der Waals surface area contributed by atoms with Gasteiger partial charge in [-0.25, -0.2) is 0 Å². The van der Waals surface area contributed by atoms with E-state index in [0.717, 1.165) is 32.4 Å². The fourth-order valence-corrected chi connectivity index (χ4v) is 5.05. The predicted molar refractivity (Wildman–Crippen MR) is 162 cm³/mol. The van der Waals surface area contributed by atoms with Crippen molar-refractivity contribution in [3.63, 3.8) is 0 Å². The predicted octanol–water partition coefficient (Wildman–Crippen LogP) is 5.90. The number of nitrogens with zero attached hydrogens (tertiary/aromatic N) is 2. The first-order chi connectivity index (χ1) is 19.8. The molecule has 1 aliphatic rings. The number of carbonyl (C=O) groups excluding carboxylic acids is 2. The second kappa shape index (κ2) is 15.3. The van der Waals surface area contributed by atoms with Crippen LogP contribution < -0.4 is 14.2 Å². The molecular weight excluding hydrogens is 520 g/mol. The van der Waals surface area contributed by atoms with Crippen LogP contribution in [0.25, 0.3) is 5.76 Å². The molecule has 8 heteroatoms. The number of unbranched alkanes of at least 4 members (excludes halogenated alkanes) is 2. The Morgan fingerprint density at radius 2 is 1.80 bits per heavy atom. The quantitative estimate of drug-likeness (QED) is 0.0893. The number of aliphatic hydroxyl groups excluding tert-OH is 1. The maximum absolute atomic E-state index is 13.5. The molecule has 0 aromatic heterocycles. The molecule has 0 bridgehead atoms. The summed E-state index contributed by atoms with van der Waals surface area (Å²) in [5.41, 5.74) is 1.89. The Hall–Kier alpha value is -3.78. The average Bonchev–Trinajstić information content (AvgIpc) is 3.23. The van der Waals surface area contributed by atoms with Gasteiger partial charge in [0.2, 0.25) is 0 Å². The van der Waals surface area contributed by atoms with Crippen molar-refractivity contribution in [3.8, 4) is 17.2 Å². The summed E-state index contributed by atoms with van der Waals surface area (Å²) in [6, 6.07) is 9.87. The molecule has 1 saturated heterocycles. The van der Waals surface area contributed by atoms with Crippen LogP contribution in [0.5, 0.6) is 17.2 Å². The molecule has 222 valence electrons. The topological polar surface area (TPSA) is 88.5 Å². The van der Waals surface area contributed by atoms with Crippen LogP contribution in [0.1, 0.15) is 62.8 Å². The van der Waals surface area contributed by atoms with E-state index in [4.69, 9.17) is 14.2 Å². The summed E-state index contributed by atoms with van der Waals surface area (Å²) in [7, 11) is 1.56. The molecule has 1 amide bonds. The number of carbonyl (C=O) groups is 2. The van der Waals surface area contributed by atoms with Crippen LogP contribution in [0.3, 0.4) is 0 Å². The Morgan fingerprint density at radius 1 is 1.05 bits per heavy atom. The number of likely N-dealkylation sites (tertiary alicyclic amines) is 1. The SMILES string of the molecule is C=CCOc1ccc(/C(O)=C2\C(=O)C(=O)N(CCN(CC)CC)C2c2ccc(OCCCCC)c(OC)c2)c(C)c1. The minimum Gasteiger partial charge on any atom is -0.507 e. The molecule has 3 rings (SSSR count). The van der Waals surface area contributed by atoms with Crippen LogP contribution in [-0.4, -0.2) is 73.1 Å². The largest absolute Gasteiger partial charge is 0.507 e. The number of ketones is 1. The number of hydrogen-bond acceptors (Lipinski definition) is 7. The number of ether oxygens (including phenoxy) is 3. The second-order valence-corrected chi connectivity index (χ2v) is 10.1. The molecule has 2 aromatic carbocycles. The van der Waals surface area contributed by atoms with Crippen molar-refractivity contribution in [2.75, 3.05) is 46.5 Å². The number of amides is 1. The minimum atomic E-state index is -0.787. The van der Waals surface area contributed by atoms with Crippen molar-refractivity contribution in [2.24, 2.45) is 0 Å². The Labute approximate surface area is 244 Å². The number of hydrogen-bond donors (Lipinski definition) is 1. The summed E-state index contributed by atoms with van der Waals surface area (Å²) in [6.45, 7) is 15.2. The number of methoxy groups -OCH3 is 1. The van der Waals surface area contributed by atoms with E-state index in [1.54, 1.807) is 42.4 Å². The summed E-state index contributed by atoms with van der Waals surface area (Å²) in [6.07, 6.45) is 4.75. The number of aliphatic hydroxyl groups is 1. The monoisotopic (exact) mass is 564 g/mol. The van der Waals surface area contributed by atoms with Gasteiger partial charge in [0.15, 0.2) is 11.5 Å². The van der Waals surface area contributed by atoms with Crippen LogP contribution >= 0.6 is 0 Å². The fourth-order valence-electron chi connectivity index (χ4n) is 5.05. The molecule has 8 nitrogen and oxygen atoms in total. The van der Waals surface area contributed by atoms with Gasteiger partial charge in [0, 0.05) is 18.7 Å². The van der Waals surface area contributed by atoms with E-state index in [1.165, 1.54) is 0 Å². The molecule has 0 saturated carbocycles. The van der Waals surface area contributed by atoms with E-state index in [2.05, 4.69) is 32.3 Å². The zero-order chi connectivity index (χ0) is 29.9. The molecule has 1 fully saturated rings. The smallest absolute Gasteiger partial charge is 0.295 e. The number of benzene rings is 2. The van der Waals surface area contributed by atoms with E-state index in [-0.39, 0.29) is 11.3 Å². The standard InChI is InChI=1S/C33H44N2O6/c1-7-11-12-20-41-27-16-13-24(22-28(27)39-6)30-29(32(37)33(38)35(30)18-17-34(9-3)10-4)31(36)26-15-14-25(21-23(26)5)40-19-8-2/h8,13-16,21-22,30,36H,2,7,9-12,17-20H2,1,3-6H3/b31-29+. The molecule has 0 aliphatic carbocycles. The zero-order valence-electron chi connectivity index (χ0n) is 25.1. The van der Waals surface area contributed by atoms with Crippen LogP contribution in [-0.2, 0) is 9.59 Å². The molecule has 1 heterocycles. The molecule has 2 aromatic rings. The first-order valence-corrected chi connectivity index (χ1v) is 14.5. The van der Waals surface area contributed by atoms with Crippen LogP contribution in [0.4, 0.5) is 0 Å². The molecule has 1 N–H and O–H groups in total. The number of likely N-dealkylation sites (N-methyl/N-ethyl adjacent to an activating group) is 1. The minimum absolute atomic E-state index is 0.0519. The van der Waals surface area contributed by atoms with Crippen LogP contribution in [0, 0.1) is 6.92 Å². The summed E-state index contributed by atoms with van der Waals surface area (Å²) < 4.78 is 17.2. The van der Waals surface area contributed by atoms with Gasteiger partial charge in [0.1, 0.15) is 18.1 Å². The van der Waals surface area contributed by atoms with E-state index >= 15 is 0 Å². The molecule has 0 spiro atoms. The van der Waals surface area contributed by atoms with E-state index in [0.29, 0.717) is 60.2 Å². The second-order valence-electron chi connectivity index (χ2n) is 10.1. The number of aryl methyl sites for hydroxylation is 1. The van der Waals surface area contributed by atoms with Gasteiger partial charge in [-0.2, -0.15) is 0 Å². The molecule has 1 unspecified atom stereocenters. The van der Waals surface area contributed by atoms with Crippen LogP contribution in [0.15, 0.2) is 54.6 Å². The van der Waals surface area contributed by atoms with Crippen molar-refractivity contribution in [1.29, 1.82) is 0 Å². The van der Waals surface area contributed by atoms with Gasteiger partial charge < -0.3 is 29.1 Å². The van der Waals surface area contributed by atoms with Gasteiger partial charge in [-0.1, -0.05) is 52.3 Å². The highest BCUT2D eigenvalue weighted by Gasteiger charge is 2.46. The zero-order valence-corrected chi connectivity index (χ0v) is 25.1. The Bertz CT molecular complexity index is 1250. The van der Waals surface area contributed by atoms with Crippen molar-refractivity contribution in [2.45, 2.75) is 53.0 Å². The Kier molecular flexibility index (Phi) is 11.8. The third-order valence-corrected chi connectivity index (χ3v) is 7.42. The highest BCUT2D eigenvalue weighted by atomic mass is 16.5. The summed E-state index contributed by atoms with van der Waals surface area (Å²) in [5.74, 6) is 0.162. The maximum Gasteiger partial charge on any atom is 0.295 e. The summed E-state index contributed by atoms with van der Waals surface area (Å²) in [5, 5.41) is 11.6. The van der Waals surface area contributed by atoms with Crippen molar-refractivity contribution in [3.05, 3.63) is 71.3 Å². The van der Waals surface area contributed by atoms with E-state index in [1.807, 2.05) is 19.1 Å². The van der Waals surface area contributed by atoms with Gasteiger partial charge in [-0.05, 0) is 67.9 Å². The van der Waals surface area contributed by atoms with Crippen molar-refractivity contribution in [1.82, 2.24) is 9.80 Å². The van der Waals surface area contributed by atoms with Crippen LogP contribution in [0.2, 0.25) is 0 Å². The maximum atomic E-state index is 13.5. The Morgan fingerprint density at radius 3 is 2.44 bits per heavy atom. The lowest BCUT2D eigenvalue weighted by molar-refractivity contribution is -0.140. The average molecular weight is 565 g/mol. The first kappa shape index (κ1) is 31.7. The lowest BCUT2D eigenvalue weighted by Crippen LogP contribution is -2.38. The van der Waals surface area contributed by atoms with E-state index < -0.39 is 17.7 Å². The van der Waals surface area contributed by atoms with Crippen molar-refractivity contribution < 1.29 is 28.9 Å². The highest BCUT2D eigenvalue weighted by Crippen LogP contribution is 2.42. The fraction of sp³-hybridized carbons (Fsp3) is 0.455. The van der Waals surface area contributed by atoms with Gasteiger partial charge >= 0.3 is 0 Å². The summed E-state index contributed by atoms with van der Waals surface area (Å²) in [4.78, 5) is 30.7. The highest BCUT2D eigenvalue weighted by molar-refractivity contribution is 6.46. The van der Waals surface area contributed by atoms with Gasteiger partial charge in [-0.3, -0.25) is 9.59 Å². The van der Waals surface area contributed by atoms with Gasteiger partial charge in [0.25, 0.3) is 11.7 Å². The van der Waals surface area contributed by atoms with Crippen molar-refractivity contribution >= 4 is 17.4 Å². The lowest BCUT2D eigenvalue weighted by atomic mass is 9.93. The molecule has 0 radical (unpaired) electrons. The lowest BCUT2D eigenvalue weighted by Gasteiger charge is -2.28. The molecule has 1 aliphatic heterocycles. The normalized spacial score (nSPS) is 16.3. The third kappa shape index (κ3) is 7.50. The first-order valence-electron chi connectivity index (χ1n) is 14.5. The Balaban J connectivity index is 2.09. The summed E-state index contributed by atoms with van der Waals surface area (Å²) >= 11 is 0. The molecule has 1 atom stereocenters. The van der Waals surface area contributed by atoms with Gasteiger partial charge in [-0.15, -0.1) is 0 Å². The number of Topliss-reactive ketones (excluding diaryl/α,β-unsaturated/α-hetero) is 1. The third-order valence-electron chi connectivity index (χ3n) is 7.42.